The lowest BCUT2D eigenvalue weighted by Crippen LogP contribution is -2.10. The van der Waals surface area contributed by atoms with Crippen LogP contribution in [-0.4, -0.2) is 0 Å². The smallest absolute Gasteiger partial charge is 0.00264 e. The molecule has 152 valence electrons. The van der Waals surface area contributed by atoms with Crippen LogP contribution >= 0.6 is 0 Å². The molecule has 0 aliphatic heterocycles. The molecule has 0 heterocycles. The third-order valence-corrected chi connectivity index (χ3v) is 6.31. The Morgan fingerprint density at radius 2 is 0.806 bits per heavy atom. The predicted molar refractivity (Wildman–Crippen MR) is 136 cm³/mol. The van der Waals surface area contributed by atoms with Crippen molar-refractivity contribution in [1.29, 1.82) is 0 Å². The first-order valence-corrected chi connectivity index (χ1v) is 11.0. The van der Waals surface area contributed by atoms with E-state index in [4.69, 9.17) is 0 Å². The van der Waals surface area contributed by atoms with E-state index >= 15 is 0 Å². The summed E-state index contributed by atoms with van der Waals surface area (Å²) in [4.78, 5) is 0. The van der Waals surface area contributed by atoms with Gasteiger partial charge in [-0.2, -0.15) is 0 Å². The van der Waals surface area contributed by atoms with Gasteiger partial charge in [0.05, 0.1) is 0 Å². The van der Waals surface area contributed by atoms with Crippen LogP contribution in [0.5, 0.6) is 0 Å². The number of rotatable bonds is 2. The normalized spacial score (nSPS) is 11.9. The molecule has 0 heteroatoms. The quantitative estimate of drug-likeness (QED) is 0.259. The molecule has 0 nitrogen and oxygen atoms in total. The largest absolute Gasteiger partial charge is 0.0616 e. The van der Waals surface area contributed by atoms with Crippen LogP contribution in [0.1, 0.15) is 31.9 Å². The van der Waals surface area contributed by atoms with Crippen LogP contribution in [0, 0.1) is 6.92 Å². The second-order valence-corrected chi connectivity index (χ2v) is 9.53. The molecule has 0 spiro atoms. The lowest BCUT2D eigenvalue weighted by Gasteiger charge is -2.21. The van der Waals surface area contributed by atoms with Crippen molar-refractivity contribution < 1.29 is 0 Å². The molecule has 0 N–H and O–H groups in total. The Balaban J connectivity index is 1.87. The Bertz CT molecular complexity index is 1320. The molecule has 0 unspecified atom stereocenters. The van der Waals surface area contributed by atoms with Crippen LogP contribution in [0.3, 0.4) is 0 Å². The summed E-state index contributed by atoms with van der Waals surface area (Å²) in [6, 6.07) is 35.8. The highest BCUT2D eigenvalue weighted by atomic mass is 14.2. The van der Waals surface area contributed by atoms with Gasteiger partial charge < -0.3 is 0 Å². The maximum absolute atomic E-state index is 2.29. The van der Waals surface area contributed by atoms with Crippen molar-refractivity contribution in [1.82, 2.24) is 0 Å². The van der Waals surface area contributed by atoms with Gasteiger partial charge in [-0.3, -0.25) is 0 Å². The minimum absolute atomic E-state index is 0.151. The average Bonchev–Trinajstić information content (AvgIpc) is 2.78. The molecule has 5 aromatic rings. The van der Waals surface area contributed by atoms with E-state index in [2.05, 4.69) is 125 Å². The van der Waals surface area contributed by atoms with Crippen LogP contribution in [0.4, 0.5) is 0 Å². The highest BCUT2D eigenvalue weighted by molar-refractivity contribution is 6.21. The summed E-state index contributed by atoms with van der Waals surface area (Å²) >= 11 is 0. The van der Waals surface area contributed by atoms with Gasteiger partial charge in [0.2, 0.25) is 0 Å². The Morgan fingerprint density at radius 1 is 0.452 bits per heavy atom. The second kappa shape index (κ2) is 7.39. The molecule has 0 amide bonds. The van der Waals surface area contributed by atoms with Gasteiger partial charge in [-0.1, -0.05) is 123 Å². The van der Waals surface area contributed by atoms with E-state index in [0.717, 1.165) is 0 Å². The lowest BCUT2D eigenvalue weighted by molar-refractivity contribution is 0.590. The Kier molecular flexibility index (Phi) is 4.67. The predicted octanol–water partition coefficient (Wildman–Crippen LogP) is 8.93. The summed E-state index contributed by atoms with van der Waals surface area (Å²) in [5, 5.41) is 5.22. The molecule has 0 aromatic heterocycles. The van der Waals surface area contributed by atoms with E-state index < -0.39 is 0 Å². The van der Waals surface area contributed by atoms with E-state index in [1.807, 2.05) is 0 Å². The summed E-state index contributed by atoms with van der Waals surface area (Å²) in [6.07, 6.45) is 0. The number of fused-ring (bicyclic) bond motifs is 2. The molecule has 0 saturated heterocycles. The van der Waals surface area contributed by atoms with Crippen LogP contribution in [0.25, 0.3) is 43.8 Å². The van der Waals surface area contributed by atoms with Crippen molar-refractivity contribution in [3.05, 3.63) is 108 Å². The second-order valence-electron chi connectivity index (χ2n) is 9.53. The lowest BCUT2D eigenvalue weighted by atomic mass is 9.83. The van der Waals surface area contributed by atoms with Gasteiger partial charge in [0.1, 0.15) is 0 Å². The van der Waals surface area contributed by atoms with E-state index in [0.29, 0.717) is 0 Å². The highest BCUT2D eigenvalue weighted by Gasteiger charge is 2.17. The zero-order valence-electron chi connectivity index (χ0n) is 18.7. The van der Waals surface area contributed by atoms with Crippen LogP contribution in [0.15, 0.2) is 97.1 Å². The summed E-state index contributed by atoms with van der Waals surface area (Å²) in [6.45, 7) is 8.94. The fraction of sp³-hybridized carbons (Fsp3) is 0.161. The summed E-state index contributed by atoms with van der Waals surface area (Å²) in [5.74, 6) is 0. The fourth-order valence-corrected chi connectivity index (χ4v) is 4.61. The zero-order chi connectivity index (χ0) is 21.6. The summed E-state index contributed by atoms with van der Waals surface area (Å²) in [7, 11) is 0. The van der Waals surface area contributed by atoms with E-state index in [1.54, 1.807) is 0 Å². The van der Waals surface area contributed by atoms with Crippen LogP contribution in [0.2, 0.25) is 0 Å². The topological polar surface area (TPSA) is 0 Å². The van der Waals surface area contributed by atoms with Crippen molar-refractivity contribution in [2.45, 2.75) is 33.1 Å². The molecule has 5 aromatic carbocycles. The fourth-order valence-electron chi connectivity index (χ4n) is 4.61. The van der Waals surface area contributed by atoms with Crippen molar-refractivity contribution in [2.24, 2.45) is 0 Å². The standard InChI is InChI=1S/C31H28/c1-21-13-15-22(16-14-21)29-25-9-5-7-11-27(25)30(28-12-8-6-10-26(28)29)23-17-19-24(20-18-23)31(2,3)4/h5-20H,1-4H3. The minimum Gasteiger partial charge on any atom is -0.0616 e. The van der Waals surface area contributed by atoms with Gasteiger partial charge in [0.15, 0.2) is 0 Å². The summed E-state index contributed by atoms with van der Waals surface area (Å²) < 4.78 is 0. The monoisotopic (exact) mass is 400 g/mol. The first kappa shape index (κ1) is 19.6. The van der Waals surface area contributed by atoms with Crippen molar-refractivity contribution in [2.75, 3.05) is 0 Å². The SMILES string of the molecule is Cc1ccc(-c2c3ccccc3c(-c3ccc(C(C)(C)C)cc3)c3ccccc23)cc1. The number of hydrogen-bond acceptors (Lipinski definition) is 0. The third-order valence-electron chi connectivity index (χ3n) is 6.31. The van der Waals surface area contributed by atoms with E-state index in [-0.39, 0.29) is 5.41 Å². The van der Waals surface area contributed by atoms with Crippen LogP contribution in [-0.2, 0) is 5.41 Å². The van der Waals surface area contributed by atoms with Gasteiger partial charge in [0, 0.05) is 0 Å². The van der Waals surface area contributed by atoms with Crippen molar-refractivity contribution >= 4 is 21.5 Å². The molecule has 0 atom stereocenters. The number of aryl methyl sites for hydroxylation is 1. The Labute approximate surface area is 185 Å². The van der Waals surface area contributed by atoms with Gasteiger partial charge in [-0.25, -0.2) is 0 Å². The molecular formula is C31H28. The maximum Gasteiger partial charge on any atom is -0.00264 e. The van der Waals surface area contributed by atoms with Crippen molar-refractivity contribution in [3.63, 3.8) is 0 Å². The zero-order valence-corrected chi connectivity index (χ0v) is 18.7. The molecule has 0 fully saturated rings. The summed E-state index contributed by atoms with van der Waals surface area (Å²) in [5.41, 5.74) is 7.99. The van der Waals surface area contributed by atoms with Gasteiger partial charge in [-0.15, -0.1) is 0 Å². The van der Waals surface area contributed by atoms with E-state index in [1.165, 1.54) is 54.9 Å². The first-order valence-electron chi connectivity index (χ1n) is 11.0. The Morgan fingerprint density at radius 3 is 1.16 bits per heavy atom. The molecule has 5 rings (SSSR count). The molecule has 0 radical (unpaired) electrons. The number of benzene rings is 5. The molecule has 31 heavy (non-hydrogen) atoms. The van der Waals surface area contributed by atoms with Crippen molar-refractivity contribution in [3.8, 4) is 22.3 Å². The van der Waals surface area contributed by atoms with Gasteiger partial charge in [-0.05, 0) is 61.7 Å². The minimum atomic E-state index is 0.151. The highest BCUT2D eigenvalue weighted by Crippen LogP contribution is 2.43. The first-order chi connectivity index (χ1) is 14.9. The molecular weight excluding hydrogens is 372 g/mol. The third kappa shape index (κ3) is 3.43. The molecule has 0 bridgehead atoms. The molecule has 0 aliphatic rings. The molecule has 0 saturated carbocycles. The Hall–Kier alpha value is -3.38. The van der Waals surface area contributed by atoms with Crippen LogP contribution < -0.4 is 0 Å². The van der Waals surface area contributed by atoms with Gasteiger partial charge in [0.25, 0.3) is 0 Å². The maximum atomic E-state index is 2.29. The molecule has 0 aliphatic carbocycles. The average molecular weight is 401 g/mol. The number of hydrogen-bond donors (Lipinski definition) is 0. The van der Waals surface area contributed by atoms with E-state index in [9.17, 15) is 0 Å². The van der Waals surface area contributed by atoms with Gasteiger partial charge >= 0.3 is 0 Å².